The fourth-order valence-corrected chi connectivity index (χ4v) is 2.88. The third-order valence-electron chi connectivity index (χ3n) is 3.35. The standard InChI is InChI=1S/C16H22N2O3S/c1-10(2)18(9-11(3)19)15(20)8-13-12(4)21-16(17-13)14-6-5-7-22-14/h5-7,10-11,19H,8-9H2,1-4H3. The lowest BCUT2D eigenvalue weighted by Crippen LogP contribution is -2.42. The Kier molecular flexibility index (Phi) is 5.37. The Balaban J connectivity index is 2.14. The molecule has 1 N–H and O–H groups in total. The van der Waals surface area contributed by atoms with Crippen molar-refractivity contribution in [2.45, 2.75) is 46.3 Å². The van der Waals surface area contributed by atoms with Gasteiger partial charge in [0.25, 0.3) is 0 Å². The zero-order valence-corrected chi connectivity index (χ0v) is 14.2. The SMILES string of the molecule is Cc1oc(-c2cccs2)nc1CC(=O)N(CC(C)O)C(C)C. The molecule has 0 aliphatic rings. The van der Waals surface area contributed by atoms with Gasteiger partial charge in [-0.3, -0.25) is 4.79 Å². The first-order chi connectivity index (χ1) is 10.4. The Morgan fingerprint density at radius 2 is 2.18 bits per heavy atom. The summed E-state index contributed by atoms with van der Waals surface area (Å²) < 4.78 is 5.66. The monoisotopic (exact) mass is 322 g/mol. The molecule has 2 aromatic rings. The van der Waals surface area contributed by atoms with Crippen molar-refractivity contribution in [2.75, 3.05) is 6.54 Å². The maximum atomic E-state index is 12.5. The minimum Gasteiger partial charge on any atom is -0.440 e. The molecule has 1 atom stereocenters. The molecule has 0 aromatic carbocycles. The summed E-state index contributed by atoms with van der Waals surface area (Å²) in [6, 6.07) is 3.91. The third kappa shape index (κ3) is 3.96. The number of amides is 1. The van der Waals surface area contributed by atoms with E-state index in [-0.39, 0.29) is 18.4 Å². The molecule has 0 fully saturated rings. The number of carbonyl (C=O) groups excluding carboxylic acids is 1. The molecule has 6 heteroatoms. The number of carbonyl (C=O) groups is 1. The Morgan fingerprint density at radius 3 is 2.73 bits per heavy atom. The van der Waals surface area contributed by atoms with Gasteiger partial charge in [-0.05, 0) is 39.1 Å². The van der Waals surface area contributed by atoms with Crippen LogP contribution in [0.4, 0.5) is 0 Å². The van der Waals surface area contributed by atoms with Crippen molar-refractivity contribution >= 4 is 17.2 Å². The van der Waals surface area contributed by atoms with Crippen molar-refractivity contribution in [3.8, 4) is 10.8 Å². The normalized spacial score (nSPS) is 12.6. The quantitative estimate of drug-likeness (QED) is 0.888. The minimum atomic E-state index is -0.550. The first-order valence-electron chi connectivity index (χ1n) is 7.36. The summed E-state index contributed by atoms with van der Waals surface area (Å²) in [6.07, 6.45) is -0.363. The molecule has 1 amide bonds. The second-order valence-corrected chi connectivity index (χ2v) is 6.61. The minimum absolute atomic E-state index is 0.0334. The summed E-state index contributed by atoms with van der Waals surface area (Å²) in [4.78, 5) is 19.5. The highest BCUT2D eigenvalue weighted by atomic mass is 32.1. The highest BCUT2D eigenvalue weighted by Gasteiger charge is 2.22. The van der Waals surface area contributed by atoms with Gasteiger partial charge in [0.05, 0.1) is 23.1 Å². The number of rotatable bonds is 6. The van der Waals surface area contributed by atoms with E-state index < -0.39 is 6.10 Å². The smallest absolute Gasteiger partial charge is 0.236 e. The number of aliphatic hydroxyl groups excluding tert-OH is 1. The van der Waals surface area contributed by atoms with E-state index in [1.54, 1.807) is 23.2 Å². The molecule has 2 heterocycles. The predicted octanol–water partition coefficient (Wildman–Crippen LogP) is 2.87. The van der Waals surface area contributed by atoms with Crippen LogP contribution in [-0.4, -0.2) is 39.6 Å². The summed E-state index contributed by atoms with van der Waals surface area (Å²) in [5, 5.41) is 11.5. The molecule has 2 aromatic heterocycles. The van der Waals surface area contributed by atoms with Crippen molar-refractivity contribution in [3.05, 3.63) is 29.0 Å². The highest BCUT2D eigenvalue weighted by molar-refractivity contribution is 7.13. The van der Waals surface area contributed by atoms with Crippen LogP contribution in [0.2, 0.25) is 0 Å². The Labute approximate surface area is 134 Å². The number of oxazole rings is 1. The number of aryl methyl sites for hydroxylation is 1. The lowest BCUT2D eigenvalue weighted by molar-refractivity contribution is -0.133. The van der Waals surface area contributed by atoms with E-state index in [2.05, 4.69) is 4.98 Å². The molecule has 1 unspecified atom stereocenters. The van der Waals surface area contributed by atoms with Gasteiger partial charge in [-0.1, -0.05) is 6.07 Å². The Hall–Kier alpha value is -1.66. The van der Waals surface area contributed by atoms with E-state index in [1.807, 2.05) is 38.3 Å². The fraction of sp³-hybridized carbons (Fsp3) is 0.500. The summed E-state index contributed by atoms with van der Waals surface area (Å²) in [5.41, 5.74) is 0.657. The number of nitrogens with zero attached hydrogens (tertiary/aromatic N) is 2. The van der Waals surface area contributed by atoms with Crippen molar-refractivity contribution in [3.63, 3.8) is 0 Å². The van der Waals surface area contributed by atoms with Gasteiger partial charge in [0.2, 0.25) is 11.8 Å². The van der Waals surface area contributed by atoms with Crippen molar-refractivity contribution in [2.24, 2.45) is 0 Å². The summed E-state index contributed by atoms with van der Waals surface area (Å²) in [6.45, 7) is 7.70. The largest absolute Gasteiger partial charge is 0.440 e. The number of hydrogen-bond donors (Lipinski definition) is 1. The number of aromatic nitrogens is 1. The Bertz CT molecular complexity index is 617. The van der Waals surface area contributed by atoms with Crippen molar-refractivity contribution in [1.82, 2.24) is 9.88 Å². The van der Waals surface area contributed by atoms with Crippen molar-refractivity contribution in [1.29, 1.82) is 0 Å². The number of aliphatic hydroxyl groups is 1. The van der Waals surface area contributed by atoms with Crippen LogP contribution in [0.1, 0.15) is 32.2 Å². The molecule has 0 saturated carbocycles. The molecule has 0 spiro atoms. The lowest BCUT2D eigenvalue weighted by atomic mass is 10.2. The van der Waals surface area contributed by atoms with Gasteiger partial charge in [-0.15, -0.1) is 11.3 Å². The predicted molar refractivity (Wildman–Crippen MR) is 86.8 cm³/mol. The van der Waals surface area contributed by atoms with Crippen molar-refractivity contribution < 1.29 is 14.3 Å². The van der Waals surface area contributed by atoms with Gasteiger partial charge in [-0.2, -0.15) is 0 Å². The summed E-state index contributed by atoms with van der Waals surface area (Å²) in [7, 11) is 0. The van der Waals surface area contributed by atoms with Gasteiger partial charge in [0.15, 0.2) is 0 Å². The second-order valence-electron chi connectivity index (χ2n) is 5.66. The maximum absolute atomic E-state index is 12.5. The average Bonchev–Trinajstić information content (AvgIpc) is 3.06. The Morgan fingerprint density at radius 1 is 1.45 bits per heavy atom. The summed E-state index contributed by atoms with van der Waals surface area (Å²) >= 11 is 1.55. The zero-order valence-electron chi connectivity index (χ0n) is 13.4. The van der Waals surface area contributed by atoms with Gasteiger partial charge >= 0.3 is 0 Å². The molecule has 0 bridgehead atoms. The van der Waals surface area contributed by atoms with E-state index in [0.29, 0.717) is 23.9 Å². The fourth-order valence-electron chi connectivity index (χ4n) is 2.23. The lowest BCUT2D eigenvalue weighted by Gasteiger charge is -2.27. The number of hydrogen-bond acceptors (Lipinski definition) is 5. The molecular formula is C16H22N2O3S. The first kappa shape index (κ1) is 16.7. The second kappa shape index (κ2) is 7.07. The molecule has 5 nitrogen and oxygen atoms in total. The third-order valence-corrected chi connectivity index (χ3v) is 4.21. The molecule has 22 heavy (non-hydrogen) atoms. The van der Waals surface area contributed by atoms with Gasteiger partial charge in [0.1, 0.15) is 5.76 Å². The van der Waals surface area contributed by atoms with Gasteiger partial charge in [-0.25, -0.2) is 4.98 Å². The summed E-state index contributed by atoms with van der Waals surface area (Å²) in [5.74, 6) is 1.17. The zero-order chi connectivity index (χ0) is 16.3. The van der Waals surface area contributed by atoms with Crippen LogP contribution in [0.3, 0.4) is 0 Å². The van der Waals surface area contributed by atoms with Crippen LogP contribution in [0, 0.1) is 6.92 Å². The van der Waals surface area contributed by atoms with E-state index in [1.165, 1.54) is 0 Å². The van der Waals surface area contributed by atoms with E-state index >= 15 is 0 Å². The maximum Gasteiger partial charge on any atom is 0.236 e. The van der Waals surface area contributed by atoms with Gasteiger partial charge < -0.3 is 14.4 Å². The molecular weight excluding hydrogens is 300 g/mol. The van der Waals surface area contributed by atoms with Crippen LogP contribution in [-0.2, 0) is 11.2 Å². The van der Waals surface area contributed by atoms with Crippen LogP contribution in [0.5, 0.6) is 0 Å². The van der Waals surface area contributed by atoms with E-state index in [9.17, 15) is 9.90 Å². The molecule has 0 aliphatic heterocycles. The number of thiophene rings is 1. The molecule has 0 aliphatic carbocycles. The van der Waals surface area contributed by atoms with E-state index in [0.717, 1.165) is 4.88 Å². The van der Waals surface area contributed by atoms with E-state index in [4.69, 9.17) is 4.42 Å². The topological polar surface area (TPSA) is 66.6 Å². The first-order valence-corrected chi connectivity index (χ1v) is 8.24. The molecule has 0 radical (unpaired) electrons. The average molecular weight is 322 g/mol. The van der Waals surface area contributed by atoms with Crippen LogP contribution < -0.4 is 0 Å². The molecule has 2 rings (SSSR count). The van der Waals surface area contributed by atoms with Crippen LogP contribution in [0.15, 0.2) is 21.9 Å². The van der Waals surface area contributed by atoms with Gasteiger partial charge in [0, 0.05) is 12.6 Å². The van der Waals surface area contributed by atoms with Crippen LogP contribution >= 0.6 is 11.3 Å². The van der Waals surface area contributed by atoms with Crippen LogP contribution in [0.25, 0.3) is 10.8 Å². The molecule has 0 saturated heterocycles. The highest BCUT2D eigenvalue weighted by Crippen LogP contribution is 2.26. The molecule has 120 valence electrons.